The predicted octanol–water partition coefficient (Wildman–Crippen LogP) is 3.76. The monoisotopic (exact) mass is 450 g/mol. The lowest BCUT2D eigenvalue weighted by atomic mass is 10.1. The smallest absolute Gasteiger partial charge is 0.220 e. The molecule has 0 aliphatic heterocycles. The van der Waals surface area contributed by atoms with Gasteiger partial charge >= 0.3 is 0 Å². The van der Waals surface area contributed by atoms with Crippen LogP contribution in [-0.4, -0.2) is 47.6 Å². The molecular formula is C25H46N4O3. The summed E-state index contributed by atoms with van der Waals surface area (Å²) in [5.74, 6) is 0.582. The van der Waals surface area contributed by atoms with Crippen molar-refractivity contribution in [3.63, 3.8) is 0 Å². The lowest BCUT2D eigenvalue weighted by molar-refractivity contribution is -0.122. The molecule has 7 heteroatoms. The number of H-pyrrole nitrogens is 1. The summed E-state index contributed by atoms with van der Waals surface area (Å²) < 4.78 is 0. The first kappa shape index (κ1) is 31.8. The third-order valence-corrected chi connectivity index (χ3v) is 4.66. The summed E-state index contributed by atoms with van der Waals surface area (Å²) in [6.45, 7) is 15.1. The molecule has 1 aromatic heterocycles. The number of aryl methyl sites for hydroxylation is 1. The standard InChI is InChI=1S/C15H20N2O2.C6H13NO.C2H7N.C2H6/c1-10(11(2)18)17-15(19)8-7-12-9-16-14-6-4-3-5-13(12)14;1-3-6(2)4-7-5-8;1-2-3;1-2/h3-6,9-11,16,18H,7-8H2,1-2H3,(H,17,19);5-6H,3-4H2,1-2H3,(H,7,8);2-3H2,1H3;1-2H3. The average molecular weight is 451 g/mol. The summed E-state index contributed by atoms with van der Waals surface area (Å²) >= 11 is 0. The lowest BCUT2D eigenvalue weighted by Gasteiger charge is -2.16. The van der Waals surface area contributed by atoms with Crippen LogP contribution in [0.1, 0.15) is 66.9 Å². The molecule has 2 amide bonds. The Morgan fingerprint density at radius 2 is 1.78 bits per heavy atom. The van der Waals surface area contributed by atoms with Crippen LogP contribution in [0.2, 0.25) is 0 Å². The number of amides is 2. The second-order valence-corrected chi connectivity index (χ2v) is 7.40. The number of fused-ring (bicyclic) bond motifs is 1. The number of rotatable bonds is 9. The van der Waals surface area contributed by atoms with Crippen molar-refractivity contribution in [1.82, 2.24) is 15.6 Å². The van der Waals surface area contributed by atoms with Crippen LogP contribution < -0.4 is 16.4 Å². The molecule has 1 heterocycles. The fourth-order valence-electron chi connectivity index (χ4n) is 2.43. The molecule has 32 heavy (non-hydrogen) atoms. The third kappa shape index (κ3) is 14.6. The summed E-state index contributed by atoms with van der Waals surface area (Å²) in [7, 11) is 0. The van der Waals surface area contributed by atoms with Crippen LogP contribution in [0.25, 0.3) is 10.9 Å². The normalized spacial score (nSPS) is 12.4. The van der Waals surface area contributed by atoms with Gasteiger partial charge in [0.25, 0.3) is 0 Å². The van der Waals surface area contributed by atoms with E-state index in [2.05, 4.69) is 35.5 Å². The van der Waals surface area contributed by atoms with Crippen molar-refractivity contribution in [1.29, 1.82) is 0 Å². The van der Waals surface area contributed by atoms with Crippen molar-refractivity contribution in [2.24, 2.45) is 11.7 Å². The van der Waals surface area contributed by atoms with Gasteiger partial charge in [-0.15, -0.1) is 0 Å². The van der Waals surface area contributed by atoms with Crippen molar-refractivity contribution >= 4 is 23.2 Å². The van der Waals surface area contributed by atoms with Gasteiger partial charge in [0.2, 0.25) is 12.3 Å². The van der Waals surface area contributed by atoms with Gasteiger partial charge in [0.15, 0.2) is 0 Å². The number of benzene rings is 1. The zero-order chi connectivity index (χ0) is 24.9. The molecule has 0 saturated carbocycles. The largest absolute Gasteiger partial charge is 0.391 e. The number of hydrogen-bond donors (Lipinski definition) is 5. The first-order valence-electron chi connectivity index (χ1n) is 11.7. The van der Waals surface area contributed by atoms with Gasteiger partial charge < -0.3 is 26.5 Å². The highest BCUT2D eigenvalue weighted by molar-refractivity contribution is 5.84. The second-order valence-electron chi connectivity index (χ2n) is 7.40. The van der Waals surface area contributed by atoms with Crippen LogP contribution in [0.15, 0.2) is 30.5 Å². The molecule has 3 unspecified atom stereocenters. The Balaban J connectivity index is 0. The van der Waals surface area contributed by atoms with E-state index in [1.807, 2.05) is 45.2 Å². The second kappa shape index (κ2) is 20.5. The summed E-state index contributed by atoms with van der Waals surface area (Å²) in [6.07, 6.45) is 4.42. The van der Waals surface area contributed by atoms with Crippen LogP contribution in [0.5, 0.6) is 0 Å². The Labute approximate surface area is 194 Å². The van der Waals surface area contributed by atoms with Crippen LogP contribution in [0, 0.1) is 5.92 Å². The number of nitrogens with one attached hydrogen (secondary N) is 3. The average Bonchev–Trinajstić information content (AvgIpc) is 3.21. The van der Waals surface area contributed by atoms with Crippen LogP contribution >= 0.6 is 0 Å². The number of hydrogen-bond acceptors (Lipinski definition) is 4. The summed E-state index contributed by atoms with van der Waals surface area (Å²) in [6, 6.07) is 7.84. The van der Waals surface area contributed by atoms with Crippen LogP contribution in [-0.2, 0) is 16.0 Å². The Kier molecular flexibility index (Phi) is 20.4. The summed E-state index contributed by atoms with van der Waals surface area (Å²) in [5, 5.41) is 15.9. The maximum atomic E-state index is 11.8. The van der Waals surface area contributed by atoms with Crippen molar-refractivity contribution in [2.75, 3.05) is 13.1 Å². The highest BCUT2D eigenvalue weighted by Crippen LogP contribution is 2.18. The molecule has 1 aromatic carbocycles. The number of aromatic nitrogens is 1. The Bertz CT molecular complexity index is 716. The predicted molar refractivity (Wildman–Crippen MR) is 136 cm³/mol. The zero-order valence-corrected chi connectivity index (χ0v) is 21.1. The third-order valence-electron chi connectivity index (χ3n) is 4.66. The van der Waals surface area contributed by atoms with E-state index in [9.17, 15) is 14.7 Å². The molecule has 0 saturated heterocycles. The molecule has 7 nitrogen and oxygen atoms in total. The zero-order valence-electron chi connectivity index (χ0n) is 21.1. The number of nitrogens with two attached hydrogens (primary N) is 1. The first-order chi connectivity index (χ1) is 15.3. The molecule has 2 rings (SSSR count). The lowest BCUT2D eigenvalue weighted by Crippen LogP contribution is -2.39. The van der Waals surface area contributed by atoms with E-state index in [4.69, 9.17) is 5.73 Å². The van der Waals surface area contributed by atoms with E-state index in [0.29, 0.717) is 18.8 Å². The Morgan fingerprint density at radius 3 is 2.31 bits per heavy atom. The van der Waals surface area contributed by atoms with Crippen molar-refractivity contribution in [2.45, 2.75) is 79.9 Å². The molecule has 0 bridgehead atoms. The number of para-hydroxylation sites is 1. The number of carbonyl (C=O) groups excluding carboxylic acids is 2. The number of aliphatic hydroxyl groups is 1. The fraction of sp³-hybridized carbons (Fsp3) is 0.600. The molecule has 0 aliphatic carbocycles. The maximum Gasteiger partial charge on any atom is 0.220 e. The van der Waals surface area contributed by atoms with Gasteiger partial charge in [-0.25, -0.2) is 0 Å². The summed E-state index contributed by atoms with van der Waals surface area (Å²) in [4.78, 5) is 24.7. The minimum Gasteiger partial charge on any atom is -0.391 e. The molecule has 0 aliphatic rings. The Morgan fingerprint density at radius 1 is 1.19 bits per heavy atom. The van der Waals surface area contributed by atoms with Crippen molar-refractivity contribution < 1.29 is 14.7 Å². The topological polar surface area (TPSA) is 120 Å². The van der Waals surface area contributed by atoms with Gasteiger partial charge in [-0.05, 0) is 44.4 Å². The van der Waals surface area contributed by atoms with Gasteiger partial charge in [0.1, 0.15) is 0 Å². The van der Waals surface area contributed by atoms with Gasteiger partial charge in [0.05, 0.1) is 12.1 Å². The van der Waals surface area contributed by atoms with Gasteiger partial charge in [0, 0.05) is 30.1 Å². The SMILES string of the molecule is CC.CC(O)C(C)NC(=O)CCc1c[nH]c2ccccc12.CCC(C)CNC=O.CCN. The molecule has 2 aromatic rings. The van der Waals surface area contributed by atoms with Gasteiger partial charge in [-0.3, -0.25) is 9.59 Å². The molecule has 0 spiro atoms. The molecule has 3 atom stereocenters. The first-order valence-corrected chi connectivity index (χ1v) is 11.7. The fourth-order valence-corrected chi connectivity index (χ4v) is 2.43. The summed E-state index contributed by atoms with van der Waals surface area (Å²) in [5.41, 5.74) is 7.09. The van der Waals surface area contributed by atoms with Crippen molar-refractivity contribution in [3.05, 3.63) is 36.0 Å². The highest BCUT2D eigenvalue weighted by atomic mass is 16.3. The minimum absolute atomic E-state index is 0.0290. The molecule has 184 valence electrons. The molecular weight excluding hydrogens is 404 g/mol. The van der Waals surface area contributed by atoms with Gasteiger partial charge in [-0.1, -0.05) is 59.2 Å². The van der Waals surface area contributed by atoms with E-state index in [1.54, 1.807) is 13.8 Å². The van der Waals surface area contributed by atoms with Crippen LogP contribution in [0.3, 0.4) is 0 Å². The maximum absolute atomic E-state index is 11.8. The van der Waals surface area contributed by atoms with Gasteiger partial charge in [-0.2, -0.15) is 0 Å². The Hall–Kier alpha value is -2.38. The molecule has 0 radical (unpaired) electrons. The highest BCUT2D eigenvalue weighted by Gasteiger charge is 2.12. The number of aliphatic hydroxyl groups excluding tert-OH is 1. The molecule has 0 fully saturated rings. The van der Waals surface area contributed by atoms with E-state index in [-0.39, 0.29) is 11.9 Å². The quantitative estimate of drug-likeness (QED) is 0.374. The van der Waals surface area contributed by atoms with E-state index in [1.165, 1.54) is 5.39 Å². The van der Waals surface area contributed by atoms with E-state index >= 15 is 0 Å². The van der Waals surface area contributed by atoms with E-state index in [0.717, 1.165) is 37.0 Å². The number of carbonyl (C=O) groups is 2. The van der Waals surface area contributed by atoms with E-state index < -0.39 is 6.10 Å². The molecule has 6 N–H and O–H groups in total. The van der Waals surface area contributed by atoms with Crippen LogP contribution in [0.4, 0.5) is 0 Å². The van der Waals surface area contributed by atoms with Crippen molar-refractivity contribution in [3.8, 4) is 0 Å². The minimum atomic E-state index is -0.531. The number of aromatic amines is 1.